The predicted octanol–water partition coefficient (Wildman–Crippen LogP) is 4.29. The molecule has 0 aliphatic carbocycles. The highest BCUT2D eigenvalue weighted by atomic mass is 16.2. The zero-order chi connectivity index (χ0) is 21.6. The molecule has 0 aromatic heterocycles. The molecule has 2 aliphatic rings. The molecular formula is C25H37N3O2. The van der Waals surface area contributed by atoms with Crippen molar-refractivity contribution in [3.8, 4) is 0 Å². The van der Waals surface area contributed by atoms with Gasteiger partial charge in [-0.2, -0.15) is 0 Å². The van der Waals surface area contributed by atoms with Gasteiger partial charge < -0.3 is 10.2 Å². The predicted molar refractivity (Wildman–Crippen MR) is 121 cm³/mol. The number of hydrogen-bond donors (Lipinski definition) is 2. The lowest BCUT2D eigenvalue weighted by atomic mass is 9.74. The SMILES string of the molecule is CC(C)=CCC[C@@H](C)CN1CCC([C@]2(CCc3ccccc3)NC(=O)NC2=O)CC1. The van der Waals surface area contributed by atoms with E-state index in [-0.39, 0.29) is 17.9 Å². The summed E-state index contributed by atoms with van der Waals surface area (Å²) in [6.45, 7) is 9.74. The maximum atomic E-state index is 12.8. The number of nitrogens with one attached hydrogen (secondary N) is 2. The third-order valence-electron chi connectivity index (χ3n) is 6.69. The van der Waals surface area contributed by atoms with E-state index in [0.29, 0.717) is 12.3 Å². The Hall–Kier alpha value is -2.14. The first-order chi connectivity index (χ1) is 14.4. The van der Waals surface area contributed by atoms with Gasteiger partial charge in [0.15, 0.2) is 0 Å². The minimum Gasteiger partial charge on any atom is -0.323 e. The Bertz CT molecular complexity index is 749. The fourth-order valence-electron chi connectivity index (χ4n) is 4.96. The van der Waals surface area contributed by atoms with Crippen LogP contribution in [0.15, 0.2) is 42.0 Å². The van der Waals surface area contributed by atoms with Crippen molar-refractivity contribution in [1.82, 2.24) is 15.5 Å². The molecule has 1 aromatic rings. The minimum absolute atomic E-state index is 0.142. The highest BCUT2D eigenvalue weighted by molar-refractivity contribution is 6.07. The summed E-state index contributed by atoms with van der Waals surface area (Å²) < 4.78 is 0. The van der Waals surface area contributed by atoms with E-state index in [0.717, 1.165) is 45.3 Å². The van der Waals surface area contributed by atoms with Crippen LogP contribution >= 0.6 is 0 Å². The lowest BCUT2D eigenvalue weighted by molar-refractivity contribution is -0.127. The lowest BCUT2D eigenvalue weighted by Crippen LogP contribution is -2.56. The van der Waals surface area contributed by atoms with Gasteiger partial charge in [0.2, 0.25) is 0 Å². The van der Waals surface area contributed by atoms with Gasteiger partial charge in [-0.05, 0) is 82.9 Å². The zero-order valence-corrected chi connectivity index (χ0v) is 18.7. The smallest absolute Gasteiger partial charge is 0.322 e. The van der Waals surface area contributed by atoms with Crippen LogP contribution < -0.4 is 10.6 Å². The normalized spacial score (nSPS) is 23.7. The molecule has 0 unspecified atom stereocenters. The Morgan fingerprint density at radius 3 is 2.50 bits per heavy atom. The number of benzene rings is 1. The summed E-state index contributed by atoms with van der Waals surface area (Å²) in [5.74, 6) is 0.709. The molecule has 0 saturated carbocycles. The van der Waals surface area contributed by atoms with Gasteiger partial charge in [0.05, 0.1) is 0 Å². The lowest BCUT2D eigenvalue weighted by Gasteiger charge is -2.41. The molecular weight excluding hydrogens is 374 g/mol. The van der Waals surface area contributed by atoms with Gasteiger partial charge in [0.1, 0.15) is 5.54 Å². The molecule has 2 N–H and O–H groups in total. The molecule has 2 saturated heterocycles. The molecule has 1 aromatic carbocycles. The molecule has 2 atom stereocenters. The number of allylic oxidation sites excluding steroid dienone is 2. The van der Waals surface area contributed by atoms with Crippen LogP contribution in [0.5, 0.6) is 0 Å². The van der Waals surface area contributed by atoms with E-state index in [1.54, 1.807) is 0 Å². The van der Waals surface area contributed by atoms with Crippen LogP contribution in [0.4, 0.5) is 4.79 Å². The van der Waals surface area contributed by atoms with Gasteiger partial charge in [0, 0.05) is 6.54 Å². The van der Waals surface area contributed by atoms with E-state index < -0.39 is 5.54 Å². The maximum absolute atomic E-state index is 12.8. The summed E-state index contributed by atoms with van der Waals surface area (Å²) in [7, 11) is 0. The van der Waals surface area contributed by atoms with Crippen LogP contribution in [-0.4, -0.2) is 42.0 Å². The zero-order valence-electron chi connectivity index (χ0n) is 18.7. The van der Waals surface area contributed by atoms with Gasteiger partial charge >= 0.3 is 6.03 Å². The first-order valence-electron chi connectivity index (χ1n) is 11.4. The topological polar surface area (TPSA) is 61.4 Å². The molecule has 2 aliphatic heterocycles. The Morgan fingerprint density at radius 2 is 1.90 bits per heavy atom. The average Bonchev–Trinajstić information content (AvgIpc) is 3.01. The van der Waals surface area contributed by atoms with E-state index in [2.05, 4.69) is 54.5 Å². The summed E-state index contributed by atoms with van der Waals surface area (Å²) in [5, 5.41) is 5.54. The molecule has 2 fully saturated rings. The summed E-state index contributed by atoms with van der Waals surface area (Å²) in [6, 6.07) is 9.87. The van der Waals surface area contributed by atoms with Crippen LogP contribution in [0.2, 0.25) is 0 Å². The Morgan fingerprint density at radius 1 is 1.20 bits per heavy atom. The van der Waals surface area contributed by atoms with Gasteiger partial charge in [-0.25, -0.2) is 4.79 Å². The number of hydrogen-bond acceptors (Lipinski definition) is 3. The Balaban J connectivity index is 1.57. The summed E-state index contributed by atoms with van der Waals surface area (Å²) >= 11 is 0. The fraction of sp³-hybridized carbons (Fsp3) is 0.600. The number of piperidine rings is 1. The standard InChI is InChI=1S/C25H37N3O2/c1-19(2)8-7-9-20(3)18-28-16-13-22(14-17-28)25(23(29)26-24(30)27-25)15-12-21-10-5-4-6-11-21/h4-6,8,10-11,20,22H,7,9,12-18H2,1-3H3,(H2,26,27,29,30)/t20-,25+/m1/s1. The van der Waals surface area contributed by atoms with Crippen LogP contribution in [0, 0.1) is 11.8 Å². The van der Waals surface area contributed by atoms with Crippen LogP contribution in [0.3, 0.4) is 0 Å². The number of imide groups is 1. The number of urea groups is 1. The number of amides is 3. The van der Waals surface area contributed by atoms with Crippen molar-refractivity contribution in [2.45, 2.75) is 64.8 Å². The third-order valence-corrected chi connectivity index (χ3v) is 6.69. The fourth-order valence-corrected chi connectivity index (χ4v) is 4.96. The summed E-state index contributed by atoms with van der Waals surface area (Å²) in [4.78, 5) is 27.4. The van der Waals surface area contributed by atoms with Gasteiger partial charge in [-0.15, -0.1) is 0 Å². The largest absolute Gasteiger partial charge is 0.323 e. The van der Waals surface area contributed by atoms with E-state index in [1.807, 2.05) is 18.2 Å². The minimum atomic E-state index is -0.770. The third kappa shape index (κ3) is 5.72. The molecule has 3 rings (SSSR count). The highest BCUT2D eigenvalue weighted by Gasteiger charge is 2.51. The second-order valence-electron chi connectivity index (χ2n) is 9.40. The first-order valence-corrected chi connectivity index (χ1v) is 11.4. The van der Waals surface area contributed by atoms with E-state index in [9.17, 15) is 9.59 Å². The van der Waals surface area contributed by atoms with Gasteiger partial charge in [-0.3, -0.25) is 10.1 Å². The van der Waals surface area contributed by atoms with Crippen LogP contribution in [0.1, 0.15) is 58.4 Å². The molecule has 5 nitrogen and oxygen atoms in total. The molecule has 164 valence electrons. The molecule has 0 bridgehead atoms. The van der Waals surface area contributed by atoms with Gasteiger partial charge in [0.25, 0.3) is 5.91 Å². The number of carbonyl (C=O) groups excluding carboxylic acids is 2. The van der Waals surface area contributed by atoms with Crippen molar-refractivity contribution in [2.75, 3.05) is 19.6 Å². The number of aryl methyl sites for hydroxylation is 1. The monoisotopic (exact) mass is 411 g/mol. The maximum Gasteiger partial charge on any atom is 0.322 e. The molecule has 0 spiro atoms. The summed E-state index contributed by atoms with van der Waals surface area (Å²) in [5.41, 5.74) is 1.82. The van der Waals surface area contributed by atoms with E-state index >= 15 is 0 Å². The number of rotatable bonds is 9. The van der Waals surface area contributed by atoms with Crippen molar-refractivity contribution >= 4 is 11.9 Å². The molecule has 2 heterocycles. The average molecular weight is 412 g/mol. The highest BCUT2D eigenvalue weighted by Crippen LogP contribution is 2.35. The molecule has 0 radical (unpaired) electrons. The van der Waals surface area contributed by atoms with Crippen molar-refractivity contribution in [3.05, 3.63) is 47.5 Å². The second kappa shape index (κ2) is 10.3. The molecule has 30 heavy (non-hydrogen) atoms. The number of nitrogens with zero attached hydrogens (tertiary/aromatic N) is 1. The number of carbonyl (C=O) groups is 2. The van der Waals surface area contributed by atoms with Crippen molar-refractivity contribution < 1.29 is 9.59 Å². The van der Waals surface area contributed by atoms with Crippen LogP contribution in [-0.2, 0) is 11.2 Å². The Labute approximate surface area is 181 Å². The van der Waals surface area contributed by atoms with Crippen molar-refractivity contribution in [1.29, 1.82) is 0 Å². The first kappa shape index (κ1) is 22.5. The second-order valence-corrected chi connectivity index (χ2v) is 9.40. The molecule has 5 heteroatoms. The Kier molecular flexibility index (Phi) is 7.70. The van der Waals surface area contributed by atoms with Crippen molar-refractivity contribution in [3.63, 3.8) is 0 Å². The van der Waals surface area contributed by atoms with Crippen molar-refractivity contribution in [2.24, 2.45) is 11.8 Å². The van der Waals surface area contributed by atoms with Gasteiger partial charge in [-0.1, -0.05) is 48.9 Å². The molecule has 3 amide bonds. The van der Waals surface area contributed by atoms with E-state index in [4.69, 9.17) is 0 Å². The summed E-state index contributed by atoms with van der Waals surface area (Å²) in [6.07, 6.45) is 8.01. The number of likely N-dealkylation sites (tertiary alicyclic amines) is 1. The quantitative estimate of drug-likeness (QED) is 0.471. The van der Waals surface area contributed by atoms with E-state index in [1.165, 1.54) is 17.6 Å². The van der Waals surface area contributed by atoms with Crippen LogP contribution in [0.25, 0.3) is 0 Å².